The van der Waals surface area contributed by atoms with Crippen LogP contribution in [-0.2, 0) is 6.54 Å². The first-order chi connectivity index (χ1) is 13.0. The van der Waals surface area contributed by atoms with Gasteiger partial charge >= 0.3 is 0 Å². The number of fused-ring (bicyclic) bond motifs is 1. The third kappa shape index (κ3) is 3.31. The summed E-state index contributed by atoms with van der Waals surface area (Å²) in [7, 11) is 0. The summed E-state index contributed by atoms with van der Waals surface area (Å²) in [5, 5.41) is 5.60. The maximum absolute atomic E-state index is 13.0. The van der Waals surface area contributed by atoms with Gasteiger partial charge in [-0.25, -0.2) is 4.98 Å². The Balaban J connectivity index is 1.64. The Kier molecular flexibility index (Phi) is 4.41. The minimum atomic E-state index is -0.418. The van der Waals surface area contributed by atoms with E-state index in [0.29, 0.717) is 22.7 Å². The van der Waals surface area contributed by atoms with Crippen LogP contribution in [0.25, 0.3) is 5.69 Å². The highest BCUT2D eigenvalue weighted by atomic mass is 32.1. The molecule has 1 aliphatic rings. The van der Waals surface area contributed by atoms with Gasteiger partial charge in [-0.1, -0.05) is 0 Å². The Hall–Kier alpha value is -3.13. The Morgan fingerprint density at radius 2 is 2.07 bits per heavy atom. The summed E-state index contributed by atoms with van der Waals surface area (Å²) in [6.45, 7) is 4.08. The van der Waals surface area contributed by atoms with Crippen molar-refractivity contribution < 1.29 is 14.3 Å². The van der Waals surface area contributed by atoms with E-state index in [9.17, 15) is 9.59 Å². The second-order valence-electron chi connectivity index (χ2n) is 6.13. The molecule has 4 rings (SSSR count). The highest BCUT2D eigenvalue weighted by Gasteiger charge is 2.19. The second-order valence-corrected chi connectivity index (χ2v) is 7.19. The number of hydrogen-bond acceptors (Lipinski definition) is 6. The van der Waals surface area contributed by atoms with E-state index >= 15 is 0 Å². The van der Waals surface area contributed by atoms with Gasteiger partial charge in [-0.05, 0) is 37.6 Å². The van der Waals surface area contributed by atoms with Crippen LogP contribution in [0.3, 0.4) is 0 Å². The van der Waals surface area contributed by atoms with Gasteiger partial charge in [0.1, 0.15) is 5.56 Å². The molecule has 0 radical (unpaired) electrons. The summed E-state index contributed by atoms with van der Waals surface area (Å²) in [5.41, 5.74) is 1.72. The molecule has 7 nitrogen and oxygen atoms in total. The number of carbonyl (C=O) groups excluding carboxylic acids is 1. The van der Waals surface area contributed by atoms with E-state index in [1.807, 2.05) is 12.3 Å². The van der Waals surface area contributed by atoms with Crippen LogP contribution in [0.1, 0.15) is 26.6 Å². The summed E-state index contributed by atoms with van der Waals surface area (Å²) in [6.07, 6.45) is 1.65. The van der Waals surface area contributed by atoms with Gasteiger partial charge in [0.2, 0.25) is 6.79 Å². The van der Waals surface area contributed by atoms with Gasteiger partial charge in [0.15, 0.2) is 11.5 Å². The fraction of sp³-hybridized carbons (Fsp3) is 0.211. The van der Waals surface area contributed by atoms with E-state index in [2.05, 4.69) is 10.3 Å². The monoisotopic (exact) mass is 383 g/mol. The maximum Gasteiger partial charge on any atom is 0.268 e. The number of hydrogen-bond donors (Lipinski definition) is 1. The molecule has 3 aromatic rings. The molecule has 27 heavy (non-hydrogen) atoms. The number of aryl methyl sites for hydroxylation is 2. The van der Waals surface area contributed by atoms with Crippen molar-refractivity contribution in [1.82, 2.24) is 14.9 Å². The van der Waals surface area contributed by atoms with E-state index in [0.717, 1.165) is 10.7 Å². The molecule has 1 N–H and O–H groups in total. The standard InChI is InChI=1S/C19H17N3O4S/c1-11-5-6-22(14-3-4-15-16(7-14)26-10-25-15)19(24)17(11)18(23)20-8-13-9-27-12(2)21-13/h3-7,9H,8,10H2,1-2H3,(H,20,23). The third-order valence-electron chi connectivity index (χ3n) is 4.26. The number of ether oxygens (including phenoxy) is 2. The average molecular weight is 383 g/mol. The molecule has 0 saturated heterocycles. The molecular weight excluding hydrogens is 366 g/mol. The molecule has 1 aromatic carbocycles. The first-order valence-corrected chi connectivity index (χ1v) is 9.22. The van der Waals surface area contributed by atoms with Gasteiger partial charge in [0.05, 0.1) is 22.9 Å². The van der Waals surface area contributed by atoms with E-state index in [4.69, 9.17) is 9.47 Å². The number of pyridine rings is 1. The van der Waals surface area contributed by atoms with E-state index < -0.39 is 5.91 Å². The predicted molar refractivity (Wildman–Crippen MR) is 101 cm³/mol. The molecule has 0 unspecified atom stereocenters. The van der Waals surface area contributed by atoms with Crippen LogP contribution >= 0.6 is 11.3 Å². The number of rotatable bonds is 4. The van der Waals surface area contributed by atoms with E-state index in [1.54, 1.807) is 37.4 Å². The molecule has 0 aliphatic carbocycles. The van der Waals surface area contributed by atoms with E-state index in [1.165, 1.54) is 15.9 Å². The summed E-state index contributed by atoms with van der Waals surface area (Å²) in [5.74, 6) is 0.790. The summed E-state index contributed by atoms with van der Waals surface area (Å²) < 4.78 is 12.1. The topological polar surface area (TPSA) is 82.5 Å². The van der Waals surface area contributed by atoms with Crippen molar-refractivity contribution in [2.75, 3.05) is 6.79 Å². The lowest BCUT2D eigenvalue weighted by atomic mass is 10.1. The molecular formula is C19H17N3O4S. The third-order valence-corrected chi connectivity index (χ3v) is 5.08. The lowest BCUT2D eigenvalue weighted by Crippen LogP contribution is -2.33. The van der Waals surface area contributed by atoms with Crippen molar-refractivity contribution in [3.05, 3.63) is 68.0 Å². The van der Waals surface area contributed by atoms with Crippen molar-refractivity contribution in [3.63, 3.8) is 0 Å². The number of benzene rings is 1. The number of nitrogens with one attached hydrogen (secondary N) is 1. The van der Waals surface area contributed by atoms with Crippen LogP contribution in [0.2, 0.25) is 0 Å². The van der Waals surface area contributed by atoms with Gasteiger partial charge in [-0.15, -0.1) is 11.3 Å². The Morgan fingerprint density at radius 1 is 1.26 bits per heavy atom. The molecule has 8 heteroatoms. The van der Waals surface area contributed by atoms with Crippen molar-refractivity contribution >= 4 is 17.2 Å². The Morgan fingerprint density at radius 3 is 2.85 bits per heavy atom. The van der Waals surface area contributed by atoms with E-state index in [-0.39, 0.29) is 24.5 Å². The summed E-state index contributed by atoms with van der Waals surface area (Å²) >= 11 is 1.52. The van der Waals surface area contributed by atoms with Crippen molar-refractivity contribution in [2.24, 2.45) is 0 Å². The van der Waals surface area contributed by atoms with Crippen LogP contribution in [0.4, 0.5) is 0 Å². The zero-order valence-electron chi connectivity index (χ0n) is 14.8. The minimum Gasteiger partial charge on any atom is -0.454 e. The highest BCUT2D eigenvalue weighted by molar-refractivity contribution is 7.09. The van der Waals surface area contributed by atoms with Gasteiger partial charge in [0.25, 0.3) is 11.5 Å². The maximum atomic E-state index is 13.0. The van der Waals surface area contributed by atoms with Crippen LogP contribution < -0.4 is 20.3 Å². The number of amides is 1. The molecule has 3 heterocycles. The molecule has 0 spiro atoms. The fourth-order valence-corrected chi connectivity index (χ4v) is 3.50. The first-order valence-electron chi connectivity index (χ1n) is 8.34. The summed E-state index contributed by atoms with van der Waals surface area (Å²) in [6, 6.07) is 6.96. The number of thiazole rings is 1. The van der Waals surface area contributed by atoms with Crippen LogP contribution in [0, 0.1) is 13.8 Å². The summed E-state index contributed by atoms with van der Waals surface area (Å²) in [4.78, 5) is 29.9. The fourth-order valence-electron chi connectivity index (χ4n) is 2.89. The number of aromatic nitrogens is 2. The first kappa shape index (κ1) is 17.3. The molecule has 1 aliphatic heterocycles. The lowest BCUT2D eigenvalue weighted by molar-refractivity contribution is 0.0948. The van der Waals surface area contributed by atoms with Crippen LogP contribution in [-0.4, -0.2) is 22.3 Å². The molecule has 0 fully saturated rings. The molecule has 0 bridgehead atoms. The zero-order valence-corrected chi connectivity index (χ0v) is 15.6. The zero-order chi connectivity index (χ0) is 19.0. The molecule has 0 atom stereocenters. The van der Waals surface area contributed by atoms with Gasteiger partial charge in [-0.2, -0.15) is 0 Å². The SMILES string of the molecule is Cc1nc(CNC(=O)c2c(C)ccn(-c3ccc4c(c3)OCO4)c2=O)cs1. The number of nitrogens with zero attached hydrogens (tertiary/aromatic N) is 2. The smallest absolute Gasteiger partial charge is 0.268 e. The van der Waals surface area contributed by atoms with Crippen molar-refractivity contribution in [1.29, 1.82) is 0 Å². The normalized spacial score (nSPS) is 12.2. The quantitative estimate of drug-likeness (QED) is 0.749. The van der Waals surface area contributed by atoms with Crippen LogP contribution in [0.5, 0.6) is 11.5 Å². The molecule has 1 amide bonds. The second kappa shape index (κ2) is 6.88. The Bertz CT molecular complexity index is 1090. The highest BCUT2D eigenvalue weighted by Crippen LogP contribution is 2.33. The van der Waals surface area contributed by atoms with Crippen molar-refractivity contribution in [2.45, 2.75) is 20.4 Å². The number of carbonyl (C=O) groups is 1. The lowest BCUT2D eigenvalue weighted by Gasteiger charge is -2.11. The molecule has 138 valence electrons. The largest absolute Gasteiger partial charge is 0.454 e. The van der Waals surface area contributed by atoms with Gasteiger partial charge < -0.3 is 14.8 Å². The van der Waals surface area contributed by atoms with Gasteiger partial charge in [0, 0.05) is 17.6 Å². The predicted octanol–water partition coefficient (Wildman–Crippen LogP) is 2.57. The van der Waals surface area contributed by atoms with Crippen LogP contribution in [0.15, 0.2) is 40.6 Å². The van der Waals surface area contributed by atoms with Crippen molar-refractivity contribution in [3.8, 4) is 17.2 Å². The minimum absolute atomic E-state index is 0.113. The molecule has 2 aromatic heterocycles. The Labute approximate surface area is 159 Å². The average Bonchev–Trinajstić information content (AvgIpc) is 3.28. The van der Waals surface area contributed by atoms with Gasteiger partial charge in [-0.3, -0.25) is 14.2 Å². The molecule has 0 saturated carbocycles.